The molecule has 0 bridgehead atoms. The molecule has 0 radical (unpaired) electrons. The van der Waals surface area contributed by atoms with E-state index in [1.807, 2.05) is 0 Å². The minimum Gasteiger partial charge on any atom is -0.481 e. The van der Waals surface area contributed by atoms with E-state index in [4.69, 9.17) is 5.11 Å². The van der Waals surface area contributed by atoms with Gasteiger partial charge in [-0.3, -0.25) is 9.59 Å². The maximum Gasteiger partial charge on any atom is 0.319 e. The number of urea groups is 1. The molecule has 0 aromatic heterocycles. The molecule has 0 saturated heterocycles. The van der Waals surface area contributed by atoms with E-state index in [1.165, 1.54) is 0 Å². The first-order valence-electron chi connectivity index (χ1n) is 8.22. The number of rotatable bonds is 5. The third-order valence-corrected chi connectivity index (χ3v) is 4.48. The lowest BCUT2D eigenvalue weighted by Gasteiger charge is -2.12. The van der Waals surface area contributed by atoms with E-state index < -0.39 is 11.9 Å². The maximum absolute atomic E-state index is 12.2. The Hall–Kier alpha value is -2.57. The number of carboxylic acids is 1. The van der Waals surface area contributed by atoms with Crippen molar-refractivity contribution in [1.82, 2.24) is 5.32 Å². The molecule has 2 aliphatic carbocycles. The highest BCUT2D eigenvalue weighted by atomic mass is 16.4. The van der Waals surface area contributed by atoms with E-state index >= 15 is 0 Å². The largest absolute Gasteiger partial charge is 0.481 e. The van der Waals surface area contributed by atoms with Gasteiger partial charge < -0.3 is 21.1 Å². The standard InChI is InChI=1S/C17H21N3O4/c21-15(10-1-2-11(9-10)16(22)23)18-12-3-5-13(6-4-12)19-17(24)20-14-7-8-14/h3-6,10-11,14H,1-2,7-9H2,(H,18,21)(H,22,23)(H2,19,20,24)/t10-,11+/m0/s1. The molecule has 7 nitrogen and oxygen atoms in total. The predicted octanol–water partition coefficient (Wildman–Crippen LogP) is 2.41. The molecule has 2 fully saturated rings. The van der Waals surface area contributed by atoms with Crippen LogP contribution in [0, 0.1) is 11.8 Å². The summed E-state index contributed by atoms with van der Waals surface area (Å²) in [5.41, 5.74) is 1.28. The van der Waals surface area contributed by atoms with E-state index in [1.54, 1.807) is 24.3 Å². The molecule has 1 aromatic rings. The topological polar surface area (TPSA) is 108 Å². The van der Waals surface area contributed by atoms with Crippen molar-refractivity contribution in [1.29, 1.82) is 0 Å². The normalized spacial score (nSPS) is 22.7. The summed E-state index contributed by atoms with van der Waals surface area (Å²) < 4.78 is 0. The molecule has 0 unspecified atom stereocenters. The van der Waals surface area contributed by atoms with Gasteiger partial charge in [0.05, 0.1) is 5.92 Å². The summed E-state index contributed by atoms with van der Waals surface area (Å²) in [5.74, 6) is -1.65. The summed E-state index contributed by atoms with van der Waals surface area (Å²) >= 11 is 0. The number of carbonyl (C=O) groups excluding carboxylic acids is 2. The Bertz CT molecular complexity index is 640. The minimum absolute atomic E-state index is 0.147. The molecule has 0 heterocycles. The molecule has 2 atom stereocenters. The molecule has 7 heteroatoms. The summed E-state index contributed by atoms with van der Waals surface area (Å²) in [6, 6.07) is 6.94. The van der Waals surface area contributed by atoms with Crippen molar-refractivity contribution >= 4 is 29.3 Å². The molecule has 128 valence electrons. The van der Waals surface area contributed by atoms with Crippen LogP contribution in [0.15, 0.2) is 24.3 Å². The second-order valence-corrected chi connectivity index (χ2v) is 6.48. The summed E-state index contributed by atoms with van der Waals surface area (Å²) in [6.07, 6.45) is 3.60. The first-order valence-corrected chi connectivity index (χ1v) is 8.22. The average molecular weight is 331 g/mol. The number of anilines is 2. The van der Waals surface area contributed by atoms with Gasteiger partial charge in [0.15, 0.2) is 0 Å². The van der Waals surface area contributed by atoms with Gasteiger partial charge in [-0.25, -0.2) is 4.79 Å². The van der Waals surface area contributed by atoms with Gasteiger partial charge in [0.25, 0.3) is 0 Å². The Kier molecular flexibility index (Phi) is 4.69. The maximum atomic E-state index is 12.2. The molecular weight excluding hydrogens is 310 g/mol. The Morgan fingerprint density at radius 1 is 0.875 bits per heavy atom. The average Bonchev–Trinajstić information content (AvgIpc) is 3.20. The van der Waals surface area contributed by atoms with Crippen LogP contribution in [-0.4, -0.2) is 29.1 Å². The number of aliphatic carboxylic acids is 1. The van der Waals surface area contributed by atoms with Crippen LogP contribution in [0.1, 0.15) is 32.1 Å². The van der Waals surface area contributed by atoms with Gasteiger partial charge >= 0.3 is 12.0 Å². The van der Waals surface area contributed by atoms with Gasteiger partial charge in [0.2, 0.25) is 5.91 Å². The number of benzene rings is 1. The number of nitrogens with one attached hydrogen (secondary N) is 3. The summed E-state index contributed by atoms with van der Waals surface area (Å²) in [6.45, 7) is 0. The number of hydrogen-bond donors (Lipinski definition) is 4. The molecule has 0 aliphatic heterocycles. The van der Waals surface area contributed by atoms with Gasteiger partial charge in [-0.2, -0.15) is 0 Å². The van der Waals surface area contributed by atoms with Crippen molar-refractivity contribution in [2.75, 3.05) is 10.6 Å². The van der Waals surface area contributed by atoms with E-state index in [-0.39, 0.29) is 17.9 Å². The third kappa shape index (κ3) is 4.24. The summed E-state index contributed by atoms with van der Waals surface area (Å²) in [4.78, 5) is 34.8. The van der Waals surface area contributed by atoms with Gasteiger partial charge in [0.1, 0.15) is 0 Å². The zero-order chi connectivity index (χ0) is 17.1. The highest BCUT2D eigenvalue weighted by Crippen LogP contribution is 2.32. The molecule has 0 spiro atoms. The second kappa shape index (κ2) is 6.90. The summed E-state index contributed by atoms with van der Waals surface area (Å²) in [5, 5.41) is 17.4. The lowest BCUT2D eigenvalue weighted by atomic mass is 10.0. The van der Waals surface area contributed by atoms with E-state index in [9.17, 15) is 14.4 Å². The third-order valence-electron chi connectivity index (χ3n) is 4.48. The van der Waals surface area contributed by atoms with E-state index in [2.05, 4.69) is 16.0 Å². The van der Waals surface area contributed by atoms with E-state index in [0.717, 1.165) is 12.8 Å². The van der Waals surface area contributed by atoms with Crippen molar-refractivity contribution in [3.63, 3.8) is 0 Å². The lowest BCUT2D eigenvalue weighted by molar-refractivity contribution is -0.141. The number of amides is 3. The lowest BCUT2D eigenvalue weighted by Crippen LogP contribution is -2.30. The van der Waals surface area contributed by atoms with Crippen molar-refractivity contribution in [3.05, 3.63) is 24.3 Å². The summed E-state index contributed by atoms with van der Waals surface area (Å²) in [7, 11) is 0. The Morgan fingerprint density at radius 2 is 1.46 bits per heavy atom. The zero-order valence-electron chi connectivity index (χ0n) is 13.2. The molecular formula is C17H21N3O4. The van der Waals surface area contributed by atoms with Crippen LogP contribution in [0.4, 0.5) is 16.2 Å². The van der Waals surface area contributed by atoms with Crippen LogP contribution in [0.2, 0.25) is 0 Å². The first-order chi connectivity index (χ1) is 11.5. The number of carbonyl (C=O) groups is 3. The number of hydrogen-bond acceptors (Lipinski definition) is 3. The highest BCUT2D eigenvalue weighted by Gasteiger charge is 2.33. The van der Waals surface area contributed by atoms with E-state index in [0.29, 0.717) is 36.7 Å². The fourth-order valence-corrected chi connectivity index (χ4v) is 2.91. The quantitative estimate of drug-likeness (QED) is 0.664. The van der Waals surface area contributed by atoms with Crippen LogP contribution >= 0.6 is 0 Å². The molecule has 24 heavy (non-hydrogen) atoms. The Morgan fingerprint density at radius 3 is 2.00 bits per heavy atom. The molecule has 3 amide bonds. The van der Waals surface area contributed by atoms with Crippen LogP contribution in [0.3, 0.4) is 0 Å². The van der Waals surface area contributed by atoms with Gasteiger partial charge in [0, 0.05) is 23.3 Å². The van der Waals surface area contributed by atoms with Gasteiger partial charge in [-0.05, 0) is 56.4 Å². The SMILES string of the molecule is O=C(Nc1ccc(NC(=O)[C@H]2CC[C@@H](C(=O)O)C2)cc1)NC1CC1. The highest BCUT2D eigenvalue weighted by molar-refractivity contribution is 5.94. The second-order valence-electron chi connectivity index (χ2n) is 6.48. The van der Waals surface area contributed by atoms with Crippen molar-refractivity contribution in [2.24, 2.45) is 11.8 Å². The minimum atomic E-state index is -0.829. The van der Waals surface area contributed by atoms with Crippen LogP contribution < -0.4 is 16.0 Å². The van der Waals surface area contributed by atoms with Crippen molar-refractivity contribution in [3.8, 4) is 0 Å². The molecule has 1 aromatic carbocycles. The Balaban J connectivity index is 1.49. The van der Waals surface area contributed by atoms with Gasteiger partial charge in [-0.15, -0.1) is 0 Å². The smallest absolute Gasteiger partial charge is 0.319 e. The molecule has 2 saturated carbocycles. The van der Waals surface area contributed by atoms with Crippen molar-refractivity contribution in [2.45, 2.75) is 38.1 Å². The monoisotopic (exact) mass is 331 g/mol. The van der Waals surface area contributed by atoms with Gasteiger partial charge in [-0.1, -0.05) is 0 Å². The fraction of sp³-hybridized carbons (Fsp3) is 0.471. The molecule has 2 aliphatic rings. The van der Waals surface area contributed by atoms with Crippen LogP contribution in [0.25, 0.3) is 0 Å². The predicted molar refractivity (Wildman–Crippen MR) is 88.7 cm³/mol. The van der Waals surface area contributed by atoms with Crippen LogP contribution in [0.5, 0.6) is 0 Å². The first kappa shape index (κ1) is 16.3. The molecule has 4 N–H and O–H groups in total. The zero-order valence-corrected chi connectivity index (χ0v) is 13.2. The van der Waals surface area contributed by atoms with Crippen molar-refractivity contribution < 1.29 is 19.5 Å². The van der Waals surface area contributed by atoms with Crippen LogP contribution in [-0.2, 0) is 9.59 Å². The Labute approximate surface area is 139 Å². The molecule has 3 rings (SSSR count). The number of carboxylic acid groups (broad SMARTS) is 1. The fourth-order valence-electron chi connectivity index (χ4n) is 2.91.